The summed E-state index contributed by atoms with van der Waals surface area (Å²) in [5, 5.41) is 25.6. The highest BCUT2D eigenvalue weighted by Crippen LogP contribution is 2.17. The fourth-order valence-corrected chi connectivity index (χ4v) is 1.79. The maximum atomic E-state index is 8.79. The Balaban J connectivity index is 2.83. The number of hydrogen-bond donors (Lipinski definition) is 1. The van der Waals surface area contributed by atoms with Gasteiger partial charge >= 0.3 is 0 Å². The predicted molar refractivity (Wildman–Crippen MR) is 59.7 cm³/mol. The predicted octanol–water partition coefficient (Wildman–Crippen LogP) is 1.24. The van der Waals surface area contributed by atoms with Gasteiger partial charge < -0.3 is 5.11 Å². The molecule has 0 aliphatic heterocycles. The molecular formula is C11H18N4O. The van der Waals surface area contributed by atoms with E-state index in [1.807, 2.05) is 11.6 Å². The molecule has 0 saturated heterocycles. The van der Waals surface area contributed by atoms with E-state index in [2.05, 4.69) is 23.3 Å². The highest BCUT2D eigenvalue weighted by molar-refractivity contribution is 5.14. The molecular weight excluding hydrogens is 204 g/mol. The molecule has 0 aromatic carbocycles. The molecule has 0 aliphatic carbocycles. The second kappa shape index (κ2) is 6.23. The van der Waals surface area contributed by atoms with Crippen LogP contribution in [0.15, 0.2) is 0 Å². The van der Waals surface area contributed by atoms with E-state index in [0.29, 0.717) is 6.42 Å². The van der Waals surface area contributed by atoms with Crippen LogP contribution in [0, 0.1) is 11.3 Å². The Labute approximate surface area is 95.7 Å². The summed E-state index contributed by atoms with van der Waals surface area (Å²) in [4.78, 5) is 0. The maximum Gasteiger partial charge on any atom is 0.0999 e. The van der Waals surface area contributed by atoms with Crippen LogP contribution in [-0.2, 0) is 12.8 Å². The second-order valence-electron chi connectivity index (χ2n) is 3.83. The van der Waals surface area contributed by atoms with Crippen molar-refractivity contribution in [3.8, 4) is 6.07 Å². The first-order valence-electron chi connectivity index (χ1n) is 5.65. The molecule has 1 atom stereocenters. The molecule has 0 amide bonds. The van der Waals surface area contributed by atoms with Crippen LogP contribution in [0.5, 0.6) is 0 Å². The van der Waals surface area contributed by atoms with Gasteiger partial charge in [-0.1, -0.05) is 12.1 Å². The summed E-state index contributed by atoms with van der Waals surface area (Å²) in [6.45, 7) is 4.29. The van der Waals surface area contributed by atoms with E-state index >= 15 is 0 Å². The molecule has 1 rings (SSSR count). The molecule has 0 bridgehead atoms. The molecule has 0 saturated carbocycles. The van der Waals surface area contributed by atoms with Gasteiger partial charge in [-0.05, 0) is 26.2 Å². The molecule has 0 fully saturated rings. The topological polar surface area (TPSA) is 74.7 Å². The summed E-state index contributed by atoms with van der Waals surface area (Å²) in [5.74, 6) is 0. The Kier molecular flexibility index (Phi) is 4.93. The number of aromatic nitrogens is 3. The lowest BCUT2D eigenvalue weighted by Crippen LogP contribution is -2.11. The number of aliphatic hydroxyl groups excluding tert-OH is 1. The van der Waals surface area contributed by atoms with Gasteiger partial charge in [0, 0.05) is 6.61 Å². The van der Waals surface area contributed by atoms with Crippen LogP contribution in [0.4, 0.5) is 0 Å². The average molecular weight is 222 g/mol. The molecule has 0 spiro atoms. The summed E-state index contributed by atoms with van der Waals surface area (Å²) >= 11 is 0. The summed E-state index contributed by atoms with van der Waals surface area (Å²) < 4.78 is 1.88. The van der Waals surface area contributed by atoms with Crippen LogP contribution in [0.1, 0.15) is 44.1 Å². The van der Waals surface area contributed by atoms with Gasteiger partial charge in [-0.15, -0.1) is 5.10 Å². The van der Waals surface area contributed by atoms with Gasteiger partial charge in [0.25, 0.3) is 0 Å². The van der Waals surface area contributed by atoms with Crippen molar-refractivity contribution in [2.75, 3.05) is 6.61 Å². The molecule has 88 valence electrons. The van der Waals surface area contributed by atoms with E-state index in [0.717, 1.165) is 30.7 Å². The van der Waals surface area contributed by atoms with Crippen molar-refractivity contribution in [3.63, 3.8) is 0 Å². The van der Waals surface area contributed by atoms with E-state index in [-0.39, 0.29) is 12.6 Å². The van der Waals surface area contributed by atoms with Gasteiger partial charge in [0.2, 0.25) is 0 Å². The van der Waals surface area contributed by atoms with Crippen molar-refractivity contribution in [1.82, 2.24) is 15.0 Å². The third-order valence-electron chi connectivity index (χ3n) is 2.65. The number of nitriles is 1. The van der Waals surface area contributed by atoms with E-state index in [4.69, 9.17) is 10.4 Å². The maximum absolute atomic E-state index is 8.79. The first-order valence-corrected chi connectivity index (χ1v) is 5.65. The highest BCUT2D eigenvalue weighted by atomic mass is 16.2. The van der Waals surface area contributed by atoms with Crippen LogP contribution >= 0.6 is 0 Å². The molecule has 1 aromatic heterocycles. The summed E-state index contributed by atoms with van der Waals surface area (Å²) in [6, 6.07) is 2.32. The third kappa shape index (κ3) is 2.80. The van der Waals surface area contributed by atoms with Crippen molar-refractivity contribution in [2.45, 2.75) is 45.6 Å². The van der Waals surface area contributed by atoms with Crippen LogP contribution in [0.3, 0.4) is 0 Å². The first-order chi connectivity index (χ1) is 7.74. The van der Waals surface area contributed by atoms with Gasteiger partial charge in [-0.3, -0.25) is 0 Å². The van der Waals surface area contributed by atoms with Gasteiger partial charge in [0.1, 0.15) is 0 Å². The molecule has 1 aromatic rings. The lowest BCUT2D eigenvalue weighted by molar-refractivity contribution is 0.269. The molecule has 16 heavy (non-hydrogen) atoms. The van der Waals surface area contributed by atoms with Crippen molar-refractivity contribution in [3.05, 3.63) is 11.4 Å². The van der Waals surface area contributed by atoms with Crippen LogP contribution < -0.4 is 0 Å². The fraction of sp³-hybridized carbons (Fsp3) is 0.727. The lowest BCUT2D eigenvalue weighted by Gasteiger charge is -2.13. The zero-order chi connectivity index (χ0) is 12.0. The monoisotopic (exact) mass is 222 g/mol. The highest BCUT2D eigenvalue weighted by Gasteiger charge is 2.15. The first kappa shape index (κ1) is 12.7. The third-order valence-corrected chi connectivity index (χ3v) is 2.65. The number of hydrogen-bond acceptors (Lipinski definition) is 4. The Hall–Kier alpha value is -1.41. The van der Waals surface area contributed by atoms with Gasteiger partial charge in [-0.25, -0.2) is 4.68 Å². The van der Waals surface area contributed by atoms with Crippen LogP contribution in [0.25, 0.3) is 0 Å². The standard InChI is InChI=1S/C11H18N4O/c1-3-11-10(6-7-12)13-14-15(11)9(2)5-4-8-16/h9,16H,3-6,8H2,1-2H3. The van der Waals surface area contributed by atoms with Crippen molar-refractivity contribution < 1.29 is 5.11 Å². The summed E-state index contributed by atoms with van der Waals surface area (Å²) in [6.07, 6.45) is 2.78. The summed E-state index contributed by atoms with van der Waals surface area (Å²) in [5.41, 5.74) is 1.81. The molecule has 1 heterocycles. The van der Waals surface area contributed by atoms with E-state index in [1.54, 1.807) is 0 Å². The number of aliphatic hydroxyl groups is 1. The molecule has 0 aliphatic rings. The zero-order valence-corrected chi connectivity index (χ0v) is 9.85. The number of nitrogens with zero attached hydrogens (tertiary/aromatic N) is 4. The van der Waals surface area contributed by atoms with Crippen molar-refractivity contribution in [1.29, 1.82) is 5.26 Å². The zero-order valence-electron chi connectivity index (χ0n) is 9.85. The molecule has 1 unspecified atom stereocenters. The van der Waals surface area contributed by atoms with E-state index < -0.39 is 0 Å². The summed E-state index contributed by atoms with van der Waals surface area (Å²) in [7, 11) is 0. The Bertz CT molecular complexity index is 367. The SMILES string of the molecule is CCc1c(CC#N)nnn1C(C)CCCO. The van der Waals surface area contributed by atoms with Crippen molar-refractivity contribution in [2.24, 2.45) is 0 Å². The molecule has 1 N–H and O–H groups in total. The van der Waals surface area contributed by atoms with Gasteiger partial charge in [0.05, 0.1) is 29.9 Å². The van der Waals surface area contributed by atoms with Crippen LogP contribution in [0.2, 0.25) is 0 Å². The van der Waals surface area contributed by atoms with Crippen LogP contribution in [-0.4, -0.2) is 26.7 Å². The van der Waals surface area contributed by atoms with Gasteiger partial charge in [-0.2, -0.15) is 5.26 Å². The molecule has 0 radical (unpaired) electrons. The Morgan fingerprint density at radius 3 is 2.88 bits per heavy atom. The minimum absolute atomic E-state index is 0.200. The Morgan fingerprint density at radius 1 is 1.56 bits per heavy atom. The Morgan fingerprint density at radius 2 is 2.31 bits per heavy atom. The number of rotatable bonds is 6. The van der Waals surface area contributed by atoms with Gasteiger partial charge in [0.15, 0.2) is 0 Å². The average Bonchev–Trinajstić information content (AvgIpc) is 2.69. The molecule has 5 heteroatoms. The van der Waals surface area contributed by atoms with E-state index in [1.165, 1.54) is 0 Å². The lowest BCUT2D eigenvalue weighted by atomic mass is 10.1. The second-order valence-corrected chi connectivity index (χ2v) is 3.83. The quantitative estimate of drug-likeness (QED) is 0.785. The minimum Gasteiger partial charge on any atom is -0.396 e. The fourth-order valence-electron chi connectivity index (χ4n) is 1.79. The van der Waals surface area contributed by atoms with Crippen molar-refractivity contribution >= 4 is 0 Å². The minimum atomic E-state index is 0.200. The molecule has 5 nitrogen and oxygen atoms in total. The van der Waals surface area contributed by atoms with E-state index in [9.17, 15) is 0 Å². The smallest absolute Gasteiger partial charge is 0.0999 e. The normalized spacial score (nSPS) is 12.4. The largest absolute Gasteiger partial charge is 0.396 e.